The van der Waals surface area contributed by atoms with Gasteiger partial charge in [-0.05, 0) is 62.7 Å². The Kier molecular flexibility index (Phi) is 3.23. The zero-order chi connectivity index (χ0) is 16.6. The van der Waals surface area contributed by atoms with E-state index in [4.69, 9.17) is 4.74 Å². The second-order valence-electron chi connectivity index (χ2n) is 9.00. The molecule has 0 aromatic carbocycles. The molecule has 3 nitrogen and oxygen atoms in total. The highest BCUT2D eigenvalue weighted by atomic mass is 16.5. The van der Waals surface area contributed by atoms with Crippen molar-refractivity contribution in [1.82, 2.24) is 0 Å². The van der Waals surface area contributed by atoms with Crippen molar-refractivity contribution in [2.24, 2.45) is 34.0 Å². The Morgan fingerprint density at radius 2 is 2.00 bits per heavy atom. The minimum atomic E-state index is -0.598. The van der Waals surface area contributed by atoms with Crippen LogP contribution in [-0.4, -0.2) is 30.2 Å². The Morgan fingerprint density at radius 1 is 1.30 bits per heavy atom. The van der Waals surface area contributed by atoms with Crippen molar-refractivity contribution in [1.29, 1.82) is 0 Å². The SMILES string of the molecule is C=C[C@]1(C)C[C@@H](O)[C@]23C[C@@H]2CCC2(CC[C@@H](OC)C23)[C@@H](C)C1=O. The summed E-state index contributed by atoms with van der Waals surface area (Å²) in [6, 6.07) is 0. The molecule has 4 fully saturated rings. The highest BCUT2D eigenvalue weighted by molar-refractivity contribution is 5.89. The lowest BCUT2D eigenvalue weighted by Gasteiger charge is -2.54. The van der Waals surface area contributed by atoms with Crippen molar-refractivity contribution >= 4 is 5.78 Å². The maximum Gasteiger partial charge on any atom is 0.145 e. The second-order valence-corrected chi connectivity index (χ2v) is 9.00. The average Bonchev–Trinajstić information content (AvgIpc) is 3.19. The maximum atomic E-state index is 13.3. The van der Waals surface area contributed by atoms with E-state index in [1.807, 2.05) is 6.92 Å². The summed E-state index contributed by atoms with van der Waals surface area (Å²) >= 11 is 0. The minimum absolute atomic E-state index is 0.00530. The van der Waals surface area contributed by atoms with Crippen LogP contribution in [0.5, 0.6) is 0 Å². The fourth-order valence-corrected chi connectivity index (χ4v) is 7.03. The number of hydrogen-bond acceptors (Lipinski definition) is 3. The van der Waals surface area contributed by atoms with E-state index in [2.05, 4.69) is 13.5 Å². The number of ketones is 1. The number of carbonyl (C=O) groups is 1. The monoisotopic (exact) mass is 318 g/mol. The fourth-order valence-electron chi connectivity index (χ4n) is 7.03. The van der Waals surface area contributed by atoms with E-state index in [9.17, 15) is 9.90 Å². The Hall–Kier alpha value is -0.670. The van der Waals surface area contributed by atoms with Crippen molar-refractivity contribution in [3.05, 3.63) is 12.7 Å². The summed E-state index contributed by atoms with van der Waals surface area (Å²) in [6.07, 6.45) is 7.63. The molecular formula is C20H30O3. The van der Waals surface area contributed by atoms with Crippen molar-refractivity contribution in [3.63, 3.8) is 0 Å². The summed E-state index contributed by atoms with van der Waals surface area (Å²) in [6.45, 7) is 8.06. The lowest BCUT2D eigenvalue weighted by atomic mass is 9.50. The van der Waals surface area contributed by atoms with E-state index in [1.54, 1.807) is 13.2 Å². The third-order valence-corrected chi connectivity index (χ3v) is 8.43. The standard InChI is InChI=1S/C20H30O3/c1-5-18(3)11-15(21)20-10-13(20)6-8-19(12(2)17(18)22)9-7-14(23-4)16(19)20/h5,12-16,21H,1,6-11H2,2-4H3/t12-,13-,14+,15+,16?,18+,19?,20-/m0/s1. The molecule has 3 heteroatoms. The van der Waals surface area contributed by atoms with Crippen molar-refractivity contribution in [3.8, 4) is 0 Å². The van der Waals surface area contributed by atoms with Crippen LogP contribution in [0.3, 0.4) is 0 Å². The number of rotatable bonds is 2. The van der Waals surface area contributed by atoms with Gasteiger partial charge in [-0.2, -0.15) is 0 Å². The molecule has 0 aromatic rings. The summed E-state index contributed by atoms with van der Waals surface area (Å²) < 4.78 is 5.87. The van der Waals surface area contributed by atoms with Gasteiger partial charge in [0.2, 0.25) is 0 Å². The first-order valence-corrected chi connectivity index (χ1v) is 9.24. The van der Waals surface area contributed by atoms with E-state index >= 15 is 0 Å². The Balaban J connectivity index is 1.87. The number of aliphatic hydroxyl groups is 1. The van der Waals surface area contributed by atoms with E-state index in [1.165, 1.54) is 6.42 Å². The molecule has 4 saturated carbocycles. The van der Waals surface area contributed by atoms with Crippen molar-refractivity contribution < 1.29 is 14.6 Å². The molecule has 0 aromatic heterocycles. The number of carbonyl (C=O) groups excluding carboxylic acids is 1. The number of allylic oxidation sites excluding steroid dienone is 1. The molecule has 4 aliphatic rings. The van der Waals surface area contributed by atoms with Crippen molar-refractivity contribution in [2.45, 2.75) is 64.6 Å². The van der Waals surface area contributed by atoms with Gasteiger partial charge in [0.1, 0.15) is 5.78 Å². The predicted molar refractivity (Wildman–Crippen MR) is 88.8 cm³/mol. The number of methoxy groups -OCH3 is 1. The summed E-state index contributed by atoms with van der Waals surface area (Å²) in [4.78, 5) is 13.3. The van der Waals surface area contributed by atoms with Gasteiger partial charge in [0.05, 0.1) is 12.2 Å². The van der Waals surface area contributed by atoms with E-state index < -0.39 is 11.5 Å². The quantitative estimate of drug-likeness (QED) is 0.794. The lowest BCUT2D eigenvalue weighted by Crippen LogP contribution is -2.56. The molecule has 128 valence electrons. The molecule has 1 N–H and O–H groups in total. The molecule has 0 saturated heterocycles. The van der Waals surface area contributed by atoms with Gasteiger partial charge in [0, 0.05) is 23.9 Å². The van der Waals surface area contributed by atoms with Crippen molar-refractivity contribution in [2.75, 3.05) is 7.11 Å². The number of Topliss-reactive ketones (excluding diaryl/α,β-unsaturated/α-hetero) is 1. The van der Waals surface area contributed by atoms with Gasteiger partial charge in [0.25, 0.3) is 0 Å². The predicted octanol–water partition coefficient (Wildman–Crippen LogP) is 3.36. The molecule has 4 aliphatic carbocycles. The smallest absolute Gasteiger partial charge is 0.145 e. The number of hydrogen-bond donors (Lipinski definition) is 1. The first-order chi connectivity index (χ1) is 10.9. The molecule has 2 unspecified atom stereocenters. The molecule has 0 heterocycles. The average molecular weight is 318 g/mol. The highest BCUT2D eigenvalue weighted by Gasteiger charge is 2.75. The summed E-state index contributed by atoms with van der Waals surface area (Å²) in [5, 5.41) is 11.2. The van der Waals surface area contributed by atoms with Gasteiger partial charge < -0.3 is 9.84 Å². The molecule has 8 atom stereocenters. The van der Waals surface area contributed by atoms with Gasteiger partial charge in [-0.25, -0.2) is 0 Å². The zero-order valence-corrected chi connectivity index (χ0v) is 14.7. The van der Waals surface area contributed by atoms with Crippen LogP contribution in [0, 0.1) is 34.0 Å². The van der Waals surface area contributed by atoms with Crippen LogP contribution >= 0.6 is 0 Å². The second kappa shape index (κ2) is 4.70. The Labute approximate surface area is 139 Å². The van der Waals surface area contributed by atoms with Gasteiger partial charge in [0.15, 0.2) is 0 Å². The van der Waals surface area contributed by atoms with Crippen LogP contribution in [0.1, 0.15) is 52.4 Å². The van der Waals surface area contributed by atoms with Crippen LogP contribution in [-0.2, 0) is 9.53 Å². The van der Waals surface area contributed by atoms with Crippen LogP contribution in [0.2, 0.25) is 0 Å². The lowest BCUT2D eigenvalue weighted by molar-refractivity contribution is -0.156. The maximum absolute atomic E-state index is 13.3. The van der Waals surface area contributed by atoms with Gasteiger partial charge in [-0.3, -0.25) is 4.79 Å². The molecule has 2 bridgehead atoms. The summed E-state index contributed by atoms with van der Waals surface area (Å²) in [5.41, 5.74) is -0.579. The Bertz CT molecular complexity index is 557. The zero-order valence-electron chi connectivity index (χ0n) is 14.7. The fraction of sp³-hybridized carbons (Fsp3) is 0.850. The summed E-state index contributed by atoms with van der Waals surface area (Å²) in [5.74, 6) is 1.28. The first kappa shape index (κ1) is 15.8. The first-order valence-electron chi connectivity index (χ1n) is 9.24. The van der Waals surface area contributed by atoms with Gasteiger partial charge >= 0.3 is 0 Å². The normalized spacial score (nSPS) is 57.9. The van der Waals surface area contributed by atoms with Crippen LogP contribution in [0.25, 0.3) is 0 Å². The number of aliphatic hydroxyl groups excluding tert-OH is 1. The van der Waals surface area contributed by atoms with Crippen LogP contribution in [0.4, 0.5) is 0 Å². The third kappa shape index (κ3) is 1.71. The molecule has 0 aliphatic heterocycles. The third-order valence-electron chi connectivity index (χ3n) is 8.43. The van der Waals surface area contributed by atoms with Gasteiger partial charge in [-0.1, -0.05) is 13.0 Å². The topological polar surface area (TPSA) is 46.5 Å². The Morgan fingerprint density at radius 3 is 2.65 bits per heavy atom. The van der Waals surface area contributed by atoms with E-state index in [0.717, 1.165) is 25.7 Å². The molecule has 4 rings (SSSR count). The molecular weight excluding hydrogens is 288 g/mol. The molecule has 1 spiro atoms. The van der Waals surface area contributed by atoms with E-state index in [-0.39, 0.29) is 28.6 Å². The minimum Gasteiger partial charge on any atom is -0.392 e. The summed E-state index contributed by atoms with van der Waals surface area (Å²) in [7, 11) is 1.80. The largest absolute Gasteiger partial charge is 0.392 e. The number of ether oxygens (including phenoxy) is 1. The molecule has 0 amide bonds. The van der Waals surface area contributed by atoms with Gasteiger partial charge in [-0.15, -0.1) is 6.58 Å². The molecule has 0 radical (unpaired) electrons. The van der Waals surface area contributed by atoms with E-state index in [0.29, 0.717) is 18.3 Å². The van der Waals surface area contributed by atoms with Crippen LogP contribution in [0.15, 0.2) is 12.7 Å². The van der Waals surface area contributed by atoms with Crippen LogP contribution < -0.4 is 0 Å². The molecule has 23 heavy (non-hydrogen) atoms. The highest BCUT2D eigenvalue weighted by Crippen LogP contribution is 2.77.